The Morgan fingerprint density at radius 3 is 2.59 bits per heavy atom. The van der Waals surface area contributed by atoms with Crippen LogP contribution >= 0.6 is 0 Å². The summed E-state index contributed by atoms with van der Waals surface area (Å²) in [5, 5.41) is 10.2. The van der Waals surface area contributed by atoms with Gasteiger partial charge in [-0.2, -0.15) is 5.26 Å². The van der Waals surface area contributed by atoms with Crippen molar-refractivity contribution in [2.24, 2.45) is 11.8 Å². The number of carbonyl (C=O) groups excluding carboxylic acids is 1. The number of benzene rings is 1. The lowest BCUT2D eigenvalue weighted by molar-refractivity contribution is -0.132. The van der Waals surface area contributed by atoms with Gasteiger partial charge in [-0.25, -0.2) is 9.97 Å². The summed E-state index contributed by atoms with van der Waals surface area (Å²) in [5.41, 5.74) is 4.18. The summed E-state index contributed by atoms with van der Waals surface area (Å²) >= 11 is 0. The van der Waals surface area contributed by atoms with Gasteiger partial charge in [-0.15, -0.1) is 0 Å². The minimum absolute atomic E-state index is 0. The maximum atomic E-state index is 13.5. The molecule has 0 spiro atoms. The molecule has 1 saturated heterocycles. The van der Waals surface area contributed by atoms with Crippen molar-refractivity contribution >= 4 is 28.0 Å². The van der Waals surface area contributed by atoms with Crippen molar-refractivity contribution in [3.63, 3.8) is 0 Å². The second-order valence-electron chi connectivity index (χ2n) is 10.9. The van der Waals surface area contributed by atoms with E-state index in [9.17, 15) is 4.79 Å². The number of rotatable bonds is 6. The van der Waals surface area contributed by atoms with Gasteiger partial charge in [0.05, 0.1) is 24.2 Å². The summed E-state index contributed by atoms with van der Waals surface area (Å²) in [5.74, 6) is 2.14. The highest BCUT2D eigenvalue weighted by atomic mass is 16.2. The first-order valence-electron chi connectivity index (χ1n) is 13.7. The molecule has 37 heavy (non-hydrogen) atoms. The number of hydrogen-bond donors (Lipinski definition) is 1. The fourth-order valence-electron chi connectivity index (χ4n) is 6.48. The molecule has 0 radical (unpaired) electrons. The molecule has 7 nitrogen and oxygen atoms in total. The van der Waals surface area contributed by atoms with Crippen LogP contribution < -0.4 is 0 Å². The Balaban J connectivity index is 0.00000294. The van der Waals surface area contributed by atoms with Gasteiger partial charge >= 0.3 is 0 Å². The van der Waals surface area contributed by atoms with E-state index in [1.54, 1.807) is 0 Å². The van der Waals surface area contributed by atoms with Crippen molar-refractivity contribution < 1.29 is 6.22 Å². The van der Waals surface area contributed by atoms with Crippen LogP contribution in [0.4, 0.5) is 0 Å². The fourth-order valence-corrected chi connectivity index (χ4v) is 6.48. The number of likely N-dealkylation sites (tertiary alicyclic amines) is 1. The number of H-pyrrole nitrogens is 1. The van der Waals surface area contributed by atoms with Gasteiger partial charge in [-0.3, -0.25) is 4.79 Å². The standard InChI is InChI=1S/C30H34N6O.H2/c31-14-10-21-6-8-24(9-7-21)36-27(34-26-20-33-30-25(29(26)36)11-15-32-30)19-28(37)35-16-12-23(13-17-35)18-22-4-2-1-3-5-22;/h1-5,11,15,20-21,23-24H,6-10,12-13,16-19H2,(H,32,33);1H. The molecule has 1 aliphatic carbocycles. The van der Waals surface area contributed by atoms with E-state index in [1.807, 2.05) is 17.3 Å². The van der Waals surface area contributed by atoms with Gasteiger partial charge in [-0.05, 0) is 68.4 Å². The van der Waals surface area contributed by atoms with Gasteiger partial charge < -0.3 is 14.5 Å². The highest BCUT2D eigenvalue weighted by molar-refractivity contribution is 6.01. The molecule has 7 heteroatoms. The Kier molecular flexibility index (Phi) is 6.65. The maximum absolute atomic E-state index is 13.5. The first-order valence-corrected chi connectivity index (χ1v) is 13.7. The Hall–Kier alpha value is -3.66. The van der Waals surface area contributed by atoms with E-state index in [0.717, 1.165) is 85.9 Å². The summed E-state index contributed by atoms with van der Waals surface area (Å²) in [6.45, 7) is 1.64. The molecule has 0 unspecified atom stereocenters. The minimum atomic E-state index is 0. The Morgan fingerprint density at radius 1 is 1.05 bits per heavy atom. The molecule has 1 saturated carbocycles. The molecule has 6 rings (SSSR count). The number of imidazole rings is 1. The van der Waals surface area contributed by atoms with E-state index in [0.29, 0.717) is 30.7 Å². The molecule has 192 valence electrons. The van der Waals surface area contributed by atoms with E-state index < -0.39 is 0 Å². The first kappa shape index (κ1) is 23.7. The molecule has 4 aromatic rings. The van der Waals surface area contributed by atoms with Crippen LogP contribution in [0.1, 0.15) is 63.8 Å². The van der Waals surface area contributed by atoms with Gasteiger partial charge in [0, 0.05) is 38.6 Å². The zero-order valence-electron chi connectivity index (χ0n) is 21.3. The van der Waals surface area contributed by atoms with Crippen LogP contribution in [0.2, 0.25) is 0 Å². The smallest absolute Gasteiger partial charge is 0.230 e. The molecule has 2 fully saturated rings. The molecule has 0 atom stereocenters. The molecule has 3 aromatic heterocycles. The fraction of sp³-hybridized carbons (Fsp3) is 0.467. The topological polar surface area (TPSA) is 90.6 Å². The quantitative estimate of drug-likeness (QED) is 0.364. The summed E-state index contributed by atoms with van der Waals surface area (Å²) in [4.78, 5) is 28.3. The highest BCUT2D eigenvalue weighted by Crippen LogP contribution is 2.38. The van der Waals surface area contributed by atoms with Gasteiger partial charge in [0.2, 0.25) is 5.91 Å². The number of hydrogen-bond acceptors (Lipinski definition) is 4. The predicted octanol–water partition coefficient (Wildman–Crippen LogP) is 5.83. The summed E-state index contributed by atoms with van der Waals surface area (Å²) < 4.78 is 2.34. The highest BCUT2D eigenvalue weighted by Gasteiger charge is 2.29. The second-order valence-corrected chi connectivity index (χ2v) is 10.9. The van der Waals surface area contributed by atoms with Crippen molar-refractivity contribution in [2.75, 3.05) is 13.1 Å². The summed E-state index contributed by atoms with van der Waals surface area (Å²) in [6.07, 6.45) is 12.0. The van der Waals surface area contributed by atoms with Crippen molar-refractivity contribution in [3.05, 3.63) is 60.2 Å². The molecule has 1 N–H and O–H groups in total. The molecular formula is C30H36N6O. The SMILES string of the molecule is N#CCC1CCC(n2c(CC(=O)N3CCC(Cc4ccccc4)CC3)nc3cnc4[nH]ccc4c32)CC1.[HH]. The maximum Gasteiger partial charge on any atom is 0.230 e. The average Bonchev–Trinajstić information content (AvgIpc) is 3.55. The zero-order valence-corrected chi connectivity index (χ0v) is 21.3. The first-order chi connectivity index (χ1) is 18.2. The number of nitriles is 1. The van der Waals surface area contributed by atoms with E-state index >= 15 is 0 Å². The van der Waals surface area contributed by atoms with Crippen LogP contribution in [0.25, 0.3) is 22.1 Å². The normalized spacial score (nSPS) is 20.9. The van der Waals surface area contributed by atoms with E-state index in [2.05, 4.69) is 57.0 Å². The van der Waals surface area contributed by atoms with Gasteiger partial charge in [0.25, 0.3) is 0 Å². The number of amides is 1. The van der Waals surface area contributed by atoms with Crippen LogP contribution in [-0.4, -0.2) is 43.4 Å². The number of aromatic amines is 1. The number of pyridine rings is 1. The Labute approximate surface area is 219 Å². The lowest BCUT2D eigenvalue weighted by Gasteiger charge is -2.33. The molecule has 2 aliphatic rings. The Morgan fingerprint density at radius 2 is 1.84 bits per heavy atom. The van der Waals surface area contributed by atoms with Crippen LogP contribution in [0, 0.1) is 23.2 Å². The largest absolute Gasteiger partial charge is 0.346 e. The summed E-state index contributed by atoms with van der Waals surface area (Å²) in [6, 6.07) is 15.4. The minimum Gasteiger partial charge on any atom is -0.346 e. The van der Waals surface area contributed by atoms with E-state index in [4.69, 9.17) is 10.2 Å². The predicted molar refractivity (Wildman–Crippen MR) is 146 cm³/mol. The summed E-state index contributed by atoms with van der Waals surface area (Å²) in [7, 11) is 0. The third-order valence-corrected chi connectivity index (χ3v) is 8.51. The van der Waals surface area contributed by atoms with Crippen LogP contribution in [0.5, 0.6) is 0 Å². The molecule has 1 amide bonds. The van der Waals surface area contributed by atoms with E-state index in [-0.39, 0.29) is 7.33 Å². The van der Waals surface area contributed by atoms with Crippen molar-refractivity contribution in [1.82, 2.24) is 24.4 Å². The van der Waals surface area contributed by atoms with E-state index in [1.165, 1.54) is 5.56 Å². The van der Waals surface area contributed by atoms with Crippen molar-refractivity contribution in [1.29, 1.82) is 5.26 Å². The molecule has 4 heterocycles. The average molecular weight is 497 g/mol. The number of nitrogens with one attached hydrogen (secondary N) is 1. The number of fused-ring (bicyclic) bond motifs is 3. The number of nitrogens with zero attached hydrogens (tertiary/aromatic N) is 5. The Bertz CT molecular complexity index is 1420. The van der Waals surface area contributed by atoms with Gasteiger partial charge in [0.15, 0.2) is 0 Å². The molecular weight excluding hydrogens is 460 g/mol. The number of piperidine rings is 1. The lowest BCUT2D eigenvalue weighted by Crippen LogP contribution is -2.40. The number of aromatic nitrogens is 4. The van der Waals surface area contributed by atoms with Gasteiger partial charge in [-0.1, -0.05) is 30.3 Å². The van der Waals surface area contributed by atoms with Crippen molar-refractivity contribution in [3.8, 4) is 6.07 Å². The van der Waals surface area contributed by atoms with Crippen LogP contribution in [-0.2, 0) is 17.6 Å². The lowest BCUT2D eigenvalue weighted by atomic mass is 9.84. The van der Waals surface area contributed by atoms with Crippen LogP contribution in [0.15, 0.2) is 48.8 Å². The monoisotopic (exact) mass is 496 g/mol. The van der Waals surface area contributed by atoms with Gasteiger partial charge in [0.1, 0.15) is 17.0 Å². The van der Waals surface area contributed by atoms with Crippen molar-refractivity contribution in [2.45, 2.75) is 63.8 Å². The second kappa shape index (κ2) is 10.4. The zero-order chi connectivity index (χ0) is 25.2. The number of carbonyl (C=O) groups is 1. The third kappa shape index (κ3) is 4.85. The third-order valence-electron chi connectivity index (χ3n) is 8.51. The molecule has 1 aromatic carbocycles. The molecule has 1 aliphatic heterocycles. The molecule has 0 bridgehead atoms. The van der Waals surface area contributed by atoms with Crippen LogP contribution in [0.3, 0.4) is 0 Å².